The predicted octanol–water partition coefficient (Wildman–Crippen LogP) is 2.95. The molecule has 2 aromatic carbocycles. The van der Waals surface area contributed by atoms with Crippen molar-refractivity contribution < 1.29 is 13.6 Å². The summed E-state index contributed by atoms with van der Waals surface area (Å²) < 4.78 is 27.6. The average molecular weight is 360 g/mol. The van der Waals surface area contributed by atoms with Gasteiger partial charge in [-0.15, -0.1) is 11.8 Å². The summed E-state index contributed by atoms with van der Waals surface area (Å²) in [6, 6.07) is 11.1. The lowest BCUT2D eigenvalue weighted by molar-refractivity contribution is -0.118. The molecule has 0 atom stereocenters. The van der Waals surface area contributed by atoms with Gasteiger partial charge >= 0.3 is 0 Å². The number of carbonyl (C=O) groups excluding carboxylic acids is 1. The van der Waals surface area contributed by atoms with Gasteiger partial charge in [-0.05, 0) is 35.9 Å². The minimum absolute atomic E-state index is 0.127. The zero-order valence-electron chi connectivity index (χ0n) is 13.0. The van der Waals surface area contributed by atoms with E-state index in [0.717, 1.165) is 35.1 Å². The molecule has 3 aromatic rings. The van der Waals surface area contributed by atoms with Crippen LogP contribution in [0.3, 0.4) is 0 Å². The number of rotatable bonds is 6. The van der Waals surface area contributed by atoms with Crippen LogP contribution in [-0.2, 0) is 11.3 Å². The molecule has 0 saturated carbocycles. The molecule has 25 heavy (non-hydrogen) atoms. The smallest absolute Gasteiger partial charge is 0.230 e. The number of nitrogens with zero attached hydrogens (tertiary/aromatic N) is 3. The monoisotopic (exact) mass is 360 g/mol. The molecule has 3 rings (SSSR count). The van der Waals surface area contributed by atoms with E-state index in [4.69, 9.17) is 0 Å². The van der Waals surface area contributed by atoms with E-state index in [1.807, 2.05) is 24.3 Å². The van der Waals surface area contributed by atoms with Crippen molar-refractivity contribution in [1.82, 2.24) is 20.1 Å². The summed E-state index contributed by atoms with van der Waals surface area (Å²) in [5.41, 5.74) is 1.82. The third-order valence-corrected chi connectivity index (χ3v) is 4.36. The van der Waals surface area contributed by atoms with Gasteiger partial charge in [-0.2, -0.15) is 5.10 Å². The van der Waals surface area contributed by atoms with Crippen molar-refractivity contribution in [2.24, 2.45) is 0 Å². The van der Waals surface area contributed by atoms with Crippen LogP contribution in [0.4, 0.5) is 8.78 Å². The van der Waals surface area contributed by atoms with Gasteiger partial charge in [-0.1, -0.05) is 12.1 Å². The van der Waals surface area contributed by atoms with Crippen LogP contribution in [0.25, 0.3) is 5.69 Å². The zero-order valence-corrected chi connectivity index (χ0v) is 13.8. The summed E-state index contributed by atoms with van der Waals surface area (Å²) in [4.78, 5) is 16.3. The van der Waals surface area contributed by atoms with Gasteiger partial charge < -0.3 is 5.32 Å². The minimum Gasteiger partial charge on any atom is -0.351 e. The second-order valence-corrected chi connectivity index (χ2v) is 6.20. The van der Waals surface area contributed by atoms with Gasteiger partial charge in [0.05, 0.1) is 11.4 Å². The average Bonchev–Trinajstić information content (AvgIpc) is 3.16. The number of thioether (sulfide) groups is 1. The molecule has 0 fully saturated rings. The second kappa shape index (κ2) is 7.89. The number of aromatic nitrogens is 3. The molecule has 8 heteroatoms. The fourth-order valence-electron chi connectivity index (χ4n) is 2.08. The summed E-state index contributed by atoms with van der Waals surface area (Å²) >= 11 is 1.15. The van der Waals surface area contributed by atoms with E-state index in [0.29, 0.717) is 11.4 Å². The van der Waals surface area contributed by atoms with Crippen LogP contribution in [0.1, 0.15) is 5.56 Å². The lowest BCUT2D eigenvalue weighted by atomic mass is 10.2. The third-order valence-electron chi connectivity index (χ3n) is 3.37. The number of hydrogen-bond acceptors (Lipinski definition) is 4. The fourth-order valence-corrected chi connectivity index (χ4v) is 2.83. The van der Waals surface area contributed by atoms with Crippen molar-refractivity contribution in [3.8, 4) is 5.69 Å². The normalized spacial score (nSPS) is 10.6. The number of halogens is 2. The van der Waals surface area contributed by atoms with E-state index >= 15 is 0 Å². The third kappa shape index (κ3) is 4.63. The zero-order chi connectivity index (χ0) is 17.6. The molecule has 0 spiro atoms. The molecule has 0 aliphatic carbocycles. The number of hydrogen-bond donors (Lipinski definition) is 1. The molecule has 5 nitrogen and oxygen atoms in total. The lowest BCUT2D eigenvalue weighted by Crippen LogP contribution is -2.24. The fraction of sp³-hybridized carbons (Fsp3) is 0.118. The Morgan fingerprint density at radius 3 is 2.60 bits per heavy atom. The van der Waals surface area contributed by atoms with E-state index in [9.17, 15) is 13.6 Å². The highest BCUT2D eigenvalue weighted by molar-refractivity contribution is 8.00. The summed E-state index contributed by atoms with van der Waals surface area (Å²) in [6.07, 6.45) is 3.06. The molecular weight excluding hydrogens is 346 g/mol. The number of nitrogens with one attached hydrogen (secondary N) is 1. The largest absolute Gasteiger partial charge is 0.351 e. The Bertz CT molecular complexity index is 854. The molecule has 0 saturated heterocycles. The second-order valence-electron chi connectivity index (χ2n) is 5.15. The minimum atomic E-state index is -0.919. The van der Waals surface area contributed by atoms with Gasteiger partial charge in [0.15, 0.2) is 11.6 Å². The van der Waals surface area contributed by atoms with Crippen LogP contribution in [-0.4, -0.2) is 26.4 Å². The van der Waals surface area contributed by atoms with E-state index < -0.39 is 11.6 Å². The number of benzene rings is 2. The number of carbonyl (C=O) groups is 1. The molecule has 0 aliphatic heterocycles. The molecule has 1 aromatic heterocycles. The topological polar surface area (TPSA) is 59.8 Å². The first-order chi connectivity index (χ1) is 12.1. The van der Waals surface area contributed by atoms with Crippen molar-refractivity contribution in [1.29, 1.82) is 0 Å². The predicted molar refractivity (Wildman–Crippen MR) is 90.3 cm³/mol. The molecular formula is C17H14F2N4OS. The van der Waals surface area contributed by atoms with E-state index in [2.05, 4.69) is 15.4 Å². The highest BCUT2D eigenvalue weighted by Gasteiger charge is 2.06. The van der Waals surface area contributed by atoms with Crippen LogP contribution < -0.4 is 5.32 Å². The van der Waals surface area contributed by atoms with Crippen molar-refractivity contribution in [3.63, 3.8) is 0 Å². The van der Waals surface area contributed by atoms with Crippen molar-refractivity contribution >= 4 is 17.7 Å². The van der Waals surface area contributed by atoms with Gasteiger partial charge in [-0.25, -0.2) is 18.4 Å². The standard InChI is InChI=1S/C17H14F2N4OS/c18-15-6-5-14(7-16(15)19)25-9-17(24)21-8-12-1-3-13(4-2-12)23-11-20-10-22-23/h1-7,10-11H,8-9H2,(H,21,24). The number of amides is 1. The van der Waals surface area contributed by atoms with Gasteiger partial charge in [0.25, 0.3) is 0 Å². The molecule has 0 radical (unpaired) electrons. The van der Waals surface area contributed by atoms with E-state index in [-0.39, 0.29) is 11.7 Å². The Labute approximate surface area is 147 Å². The molecule has 1 amide bonds. The van der Waals surface area contributed by atoms with Gasteiger partial charge in [-0.3, -0.25) is 4.79 Å². The summed E-state index contributed by atoms with van der Waals surface area (Å²) in [7, 11) is 0. The van der Waals surface area contributed by atoms with Gasteiger partial charge in [0.1, 0.15) is 12.7 Å². The summed E-state index contributed by atoms with van der Waals surface area (Å²) in [5, 5.41) is 6.83. The molecule has 1 heterocycles. The Morgan fingerprint density at radius 2 is 1.92 bits per heavy atom. The first-order valence-corrected chi connectivity index (χ1v) is 8.39. The van der Waals surface area contributed by atoms with Crippen molar-refractivity contribution in [3.05, 3.63) is 72.3 Å². The van der Waals surface area contributed by atoms with Gasteiger partial charge in [0, 0.05) is 11.4 Å². The Kier molecular flexibility index (Phi) is 5.39. The molecule has 1 N–H and O–H groups in total. The van der Waals surface area contributed by atoms with Gasteiger partial charge in [0.2, 0.25) is 5.91 Å². The van der Waals surface area contributed by atoms with Crippen LogP contribution in [0, 0.1) is 11.6 Å². The van der Waals surface area contributed by atoms with Crippen LogP contribution in [0.15, 0.2) is 60.0 Å². The van der Waals surface area contributed by atoms with Crippen molar-refractivity contribution in [2.75, 3.05) is 5.75 Å². The van der Waals surface area contributed by atoms with E-state index in [1.165, 1.54) is 12.4 Å². The van der Waals surface area contributed by atoms with Crippen LogP contribution in [0.5, 0.6) is 0 Å². The molecule has 0 aliphatic rings. The quantitative estimate of drug-likeness (QED) is 0.687. The molecule has 0 bridgehead atoms. The Hall–Kier alpha value is -2.74. The van der Waals surface area contributed by atoms with Crippen LogP contribution >= 0.6 is 11.8 Å². The first kappa shape index (κ1) is 17.1. The summed E-state index contributed by atoms with van der Waals surface area (Å²) in [6.45, 7) is 0.384. The van der Waals surface area contributed by atoms with E-state index in [1.54, 1.807) is 11.0 Å². The SMILES string of the molecule is O=C(CSc1ccc(F)c(F)c1)NCc1ccc(-n2cncn2)cc1. The van der Waals surface area contributed by atoms with Crippen molar-refractivity contribution in [2.45, 2.75) is 11.4 Å². The Balaban J connectivity index is 1.48. The summed E-state index contributed by atoms with van der Waals surface area (Å²) in [5.74, 6) is -1.88. The highest BCUT2D eigenvalue weighted by atomic mass is 32.2. The first-order valence-electron chi connectivity index (χ1n) is 7.40. The maximum absolute atomic E-state index is 13.1. The Morgan fingerprint density at radius 1 is 1.12 bits per heavy atom. The van der Waals surface area contributed by atoms with Crippen LogP contribution in [0.2, 0.25) is 0 Å². The maximum atomic E-state index is 13.1. The highest BCUT2D eigenvalue weighted by Crippen LogP contribution is 2.20. The maximum Gasteiger partial charge on any atom is 0.230 e. The molecule has 128 valence electrons. The molecule has 0 unspecified atom stereocenters. The lowest BCUT2D eigenvalue weighted by Gasteiger charge is -2.07.